The maximum atomic E-state index is 10.9. The quantitative estimate of drug-likeness (QED) is 0.222. The van der Waals surface area contributed by atoms with Gasteiger partial charge in [-0.15, -0.1) is 24.0 Å². The summed E-state index contributed by atoms with van der Waals surface area (Å²) >= 11 is 0. The van der Waals surface area contributed by atoms with Crippen molar-refractivity contribution in [3.63, 3.8) is 0 Å². The highest BCUT2D eigenvalue weighted by Crippen LogP contribution is 2.18. The van der Waals surface area contributed by atoms with Crippen LogP contribution in [-0.2, 0) is 4.79 Å². The van der Waals surface area contributed by atoms with Crippen LogP contribution in [0.2, 0.25) is 0 Å². The molecule has 0 fully saturated rings. The van der Waals surface area contributed by atoms with Crippen LogP contribution >= 0.6 is 24.0 Å². The van der Waals surface area contributed by atoms with E-state index in [1.165, 1.54) is 6.92 Å². The minimum absolute atomic E-state index is 0. The van der Waals surface area contributed by atoms with Gasteiger partial charge in [0, 0.05) is 20.0 Å². The third kappa shape index (κ3) is 10.5. The third-order valence-electron chi connectivity index (χ3n) is 3.42. The number of ether oxygens (including phenoxy) is 1. The predicted octanol–water partition coefficient (Wildman–Crippen LogP) is 3.09. The number of rotatable bonds is 9. The monoisotopic (exact) mass is 476 g/mol. The number of guanidine groups is 1. The first kappa shape index (κ1) is 24.5. The largest absolute Gasteiger partial charge is 0.493 e. The molecular weight excluding hydrogens is 443 g/mol. The average Bonchev–Trinajstić information content (AvgIpc) is 2.57. The van der Waals surface area contributed by atoms with Gasteiger partial charge in [0.1, 0.15) is 5.75 Å². The molecule has 1 aromatic carbocycles. The molecule has 3 N–H and O–H groups in total. The first-order valence-corrected chi connectivity index (χ1v) is 8.94. The van der Waals surface area contributed by atoms with E-state index in [0.29, 0.717) is 19.0 Å². The van der Waals surface area contributed by atoms with E-state index in [9.17, 15) is 4.79 Å². The van der Waals surface area contributed by atoms with Gasteiger partial charge in [0.25, 0.3) is 0 Å². The summed E-state index contributed by atoms with van der Waals surface area (Å²) in [6.45, 7) is 12.4. The minimum atomic E-state index is -0.0405. The van der Waals surface area contributed by atoms with Gasteiger partial charge >= 0.3 is 0 Å². The fourth-order valence-corrected chi connectivity index (χ4v) is 2.12. The molecule has 0 aliphatic rings. The molecule has 1 aromatic rings. The Balaban J connectivity index is 0.00000625. The summed E-state index contributed by atoms with van der Waals surface area (Å²) in [5.74, 6) is 2.10. The summed E-state index contributed by atoms with van der Waals surface area (Å²) < 4.78 is 5.72. The molecule has 1 rings (SSSR count). The maximum Gasteiger partial charge on any atom is 0.216 e. The molecule has 0 saturated carbocycles. The number of nitrogens with one attached hydrogen (secondary N) is 3. The number of benzene rings is 1. The zero-order valence-electron chi connectivity index (χ0n) is 16.5. The molecular formula is C19H33IN4O2. The highest BCUT2D eigenvalue weighted by atomic mass is 127. The number of hydrogen-bond acceptors (Lipinski definition) is 3. The molecule has 0 aliphatic carbocycles. The number of carbonyl (C=O) groups excluding carboxylic acids is 1. The van der Waals surface area contributed by atoms with Crippen LogP contribution in [0, 0.1) is 5.92 Å². The van der Waals surface area contributed by atoms with Crippen molar-refractivity contribution in [1.82, 2.24) is 16.0 Å². The number of amides is 1. The zero-order valence-corrected chi connectivity index (χ0v) is 18.8. The van der Waals surface area contributed by atoms with Crippen LogP contribution in [-0.4, -0.2) is 38.1 Å². The Bertz CT molecular complexity index is 547. The third-order valence-corrected chi connectivity index (χ3v) is 3.42. The highest BCUT2D eigenvalue weighted by molar-refractivity contribution is 14.0. The van der Waals surface area contributed by atoms with Crippen molar-refractivity contribution in [3.8, 4) is 5.75 Å². The zero-order chi connectivity index (χ0) is 18.7. The molecule has 0 spiro atoms. The van der Waals surface area contributed by atoms with Gasteiger partial charge in [0.15, 0.2) is 5.96 Å². The van der Waals surface area contributed by atoms with Crippen molar-refractivity contribution >= 4 is 35.8 Å². The molecule has 0 saturated heterocycles. The normalized spacial score (nSPS) is 12.2. The van der Waals surface area contributed by atoms with E-state index in [-0.39, 0.29) is 35.9 Å². The van der Waals surface area contributed by atoms with Crippen molar-refractivity contribution < 1.29 is 9.53 Å². The van der Waals surface area contributed by atoms with Crippen LogP contribution in [0.5, 0.6) is 5.75 Å². The second kappa shape index (κ2) is 13.7. The lowest BCUT2D eigenvalue weighted by molar-refractivity contribution is -0.118. The van der Waals surface area contributed by atoms with Gasteiger partial charge < -0.3 is 20.7 Å². The van der Waals surface area contributed by atoms with E-state index < -0.39 is 0 Å². The summed E-state index contributed by atoms with van der Waals surface area (Å²) in [5.41, 5.74) is 1.16. The van der Waals surface area contributed by atoms with Gasteiger partial charge in [-0.2, -0.15) is 0 Å². The second-order valence-corrected chi connectivity index (χ2v) is 6.38. The molecule has 6 nitrogen and oxygen atoms in total. The van der Waals surface area contributed by atoms with Gasteiger partial charge in [0.05, 0.1) is 19.2 Å². The maximum absolute atomic E-state index is 10.9. The lowest BCUT2D eigenvalue weighted by Crippen LogP contribution is -2.39. The number of aliphatic imine (C=N–C) groups is 1. The lowest BCUT2D eigenvalue weighted by atomic mass is 10.1. The van der Waals surface area contributed by atoms with E-state index in [1.807, 2.05) is 19.1 Å². The van der Waals surface area contributed by atoms with Gasteiger partial charge in [-0.3, -0.25) is 9.79 Å². The minimum Gasteiger partial charge on any atom is -0.493 e. The summed E-state index contributed by atoms with van der Waals surface area (Å²) in [6, 6.07) is 8.23. The fourth-order valence-electron chi connectivity index (χ4n) is 2.12. The summed E-state index contributed by atoms with van der Waals surface area (Å²) in [5, 5.41) is 9.33. The molecule has 1 amide bonds. The Morgan fingerprint density at radius 1 is 1.15 bits per heavy atom. The van der Waals surface area contributed by atoms with Crippen LogP contribution in [0.4, 0.5) is 0 Å². The molecule has 0 radical (unpaired) electrons. The van der Waals surface area contributed by atoms with E-state index in [1.54, 1.807) is 0 Å². The Labute approximate surface area is 174 Å². The van der Waals surface area contributed by atoms with Crippen LogP contribution in [0.3, 0.4) is 0 Å². The number of halogens is 1. The molecule has 7 heteroatoms. The lowest BCUT2D eigenvalue weighted by Gasteiger charge is -2.18. The van der Waals surface area contributed by atoms with Gasteiger partial charge in [-0.1, -0.05) is 26.0 Å². The second-order valence-electron chi connectivity index (χ2n) is 6.38. The number of nitrogens with zero attached hydrogens (tertiary/aromatic N) is 1. The van der Waals surface area contributed by atoms with E-state index >= 15 is 0 Å². The van der Waals surface area contributed by atoms with E-state index in [2.05, 4.69) is 53.8 Å². The van der Waals surface area contributed by atoms with Crippen molar-refractivity contribution in [2.45, 2.75) is 40.7 Å². The van der Waals surface area contributed by atoms with Crippen molar-refractivity contribution in [3.05, 3.63) is 29.8 Å². The number of carbonyl (C=O) groups is 1. The molecule has 0 heterocycles. The fraction of sp³-hybridized carbons (Fsp3) is 0.579. The highest BCUT2D eigenvalue weighted by Gasteiger charge is 2.08. The summed E-state index contributed by atoms with van der Waals surface area (Å²) in [4.78, 5) is 15.4. The standard InChI is InChI=1S/C19H32N4O2.HI/c1-6-20-19(22-12-11-21-16(5)24)23-15(4)17-7-9-18(10-8-17)25-13-14(2)3;/h7-10,14-15H,6,11-13H2,1-5H3,(H,21,24)(H2,20,22,23);1H. The van der Waals surface area contributed by atoms with Crippen molar-refractivity contribution in [2.75, 3.05) is 26.2 Å². The van der Waals surface area contributed by atoms with Crippen LogP contribution in [0.25, 0.3) is 0 Å². The van der Waals surface area contributed by atoms with Crippen LogP contribution in [0.15, 0.2) is 29.3 Å². The molecule has 148 valence electrons. The van der Waals surface area contributed by atoms with Crippen LogP contribution in [0.1, 0.15) is 46.2 Å². The average molecular weight is 476 g/mol. The van der Waals surface area contributed by atoms with Crippen molar-refractivity contribution in [1.29, 1.82) is 0 Å². The Hall–Kier alpha value is -1.51. The first-order valence-electron chi connectivity index (χ1n) is 8.94. The summed E-state index contributed by atoms with van der Waals surface area (Å²) in [6.07, 6.45) is 0. The van der Waals surface area contributed by atoms with Gasteiger partial charge in [0.2, 0.25) is 5.91 Å². The molecule has 0 aliphatic heterocycles. The van der Waals surface area contributed by atoms with Gasteiger partial charge in [-0.05, 0) is 37.5 Å². The van der Waals surface area contributed by atoms with E-state index in [0.717, 1.165) is 30.4 Å². The molecule has 0 bridgehead atoms. The first-order chi connectivity index (χ1) is 11.9. The molecule has 26 heavy (non-hydrogen) atoms. The smallest absolute Gasteiger partial charge is 0.216 e. The Morgan fingerprint density at radius 3 is 2.35 bits per heavy atom. The molecule has 1 atom stereocenters. The number of hydrogen-bond donors (Lipinski definition) is 3. The molecule has 0 aromatic heterocycles. The topological polar surface area (TPSA) is 74.8 Å². The Kier molecular flexibility index (Phi) is 12.9. The molecule has 1 unspecified atom stereocenters. The van der Waals surface area contributed by atoms with Gasteiger partial charge in [-0.25, -0.2) is 0 Å². The predicted molar refractivity (Wildman–Crippen MR) is 118 cm³/mol. The van der Waals surface area contributed by atoms with E-state index in [4.69, 9.17) is 4.74 Å². The SMILES string of the molecule is CCNC(=NCCNC(C)=O)NC(C)c1ccc(OCC(C)C)cc1.I. The van der Waals surface area contributed by atoms with Crippen molar-refractivity contribution in [2.24, 2.45) is 10.9 Å². The van der Waals surface area contributed by atoms with Crippen LogP contribution < -0.4 is 20.7 Å². The Morgan fingerprint density at radius 2 is 1.81 bits per heavy atom. The summed E-state index contributed by atoms with van der Waals surface area (Å²) in [7, 11) is 0.